The van der Waals surface area contributed by atoms with E-state index in [-0.39, 0.29) is 13.2 Å². The number of hydrogen-bond donors (Lipinski definition) is 2. The van der Waals surface area contributed by atoms with Crippen molar-refractivity contribution in [3.8, 4) is 11.5 Å². The van der Waals surface area contributed by atoms with Crippen LogP contribution in [-0.4, -0.2) is 63.6 Å². The van der Waals surface area contributed by atoms with Gasteiger partial charge in [0.25, 0.3) is 0 Å². The van der Waals surface area contributed by atoms with Crippen LogP contribution in [0.2, 0.25) is 0 Å². The van der Waals surface area contributed by atoms with E-state index in [4.69, 9.17) is 19.7 Å². The Hall–Kier alpha value is -3.94. The molecule has 8 nitrogen and oxygen atoms in total. The lowest BCUT2D eigenvalue weighted by Crippen LogP contribution is -2.15. The summed E-state index contributed by atoms with van der Waals surface area (Å²) in [5.74, 6) is -0.821. The Balaban J connectivity index is 2.12. The van der Waals surface area contributed by atoms with Gasteiger partial charge in [0.1, 0.15) is 24.7 Å². The minimum Gasteiger partial charge on any atom is -0.488 e. The molecule has 0 aliphatic heterocycles. The minimum absolute atomic E-state index is 0.259. The van der Waals surface area contributed by atoms with E-state index in [0.29, 0.717) is 22.6 Å². The largest absolute Gasteiger partial charge is 0.488 e. The highest BCUT2D eigenvalue weighted by atomic mass is 16.5. The number of carbonyl (C=O) groups is 2. The van der Waals surface area contributed by atoms with Crippen molar-refractivity contribution in [2.45, 2.75) is 0 Å². The summed E-state index contributed by atoms with van der Waals surface area (Å²) in [6, 6.07) is 10.9. The summed E-state index contributed by atoms with van der Waals surface area (Å²) in [6.07, 6.45) is 5.16. The average Bonchev–Trinajstić information content (AvgIpc) is 2.73. The highest BCUT2D eigenvalue weighted by Crippen LogP contribution is 2.30. The number of aliphatic carboxylic acids is 2. The number of rotatable bonds is 11. The van der Waals surface area contributed by atoms with Gasteiger partial charge in [-0.3, -0.25) is 0 Å². The van der Waals surface area contributed by atoms with E-state index >= 15 is 0 Å². The molecule has 0 atom stereocenters. The van der Waals surface area contributed by atoms with Gasteiger partial charge in [0.15, 0.2) is 0 Å². The van der Waals surface area contributed by atoms with Crippen molar-refractivity contribution in [2.24, 2.45) is 0 Å². The lowest BCUT2D eigenvalue weighted by atomic mass is 10.1. The molecular weight excluding hydrogens is 412 g/mol. The fourth-order valence-corrected chi connectivity index (χ4v) is 2.88. The van der Waals surface area contributed by atoms with Crippen molar-refractivity contribution >= 4 is 35.5 Å². The predicted octanol–water partition coefficient (Wildman–Crippen LogP) is 3.47. The Morgan fingerprint density at radius 2 is 1.12 bits per heavy atom. The molecule has 2 aromatic carbocycles. The highest BCUT2D eigenvalue weighted by Gasteiger charge is 2.09. The van der Waals surface area contributed by atoms with Gasteiger partial charge in [-0.25, -0.2) is 9.59 Å². The van der Waals surface area contributed by atoms with E-state index in [1.54, 1.807) is 12.1 Å². The summed E-state index contributed by atoms with van der Waals surface area (Å²) in [7, 11) is 7.58. The zero-order valence-corrected chi connectivity index (χ0v) is 18.6. The van der Waals surface area contributed by atoms with Crippen LogP contribution in [0.1, 0.15) is 11.1 Å². The molecule has 2 N–H and O–H groups in total. The number of benzene rings is 2. The van der Waals surface area contributed by atoms with Gasteiger partial charge in [0.05, 0.1) is 11.4 Å². The van der Waals surface area contributed by atoms with Gasteiger partial charge in [-0.2, -0.15) is 0 Å². The molecule has 32 heavy (non-hydrogen) atoms. The molecule has 2 aromatic rings. The SMILES string of the molecule is CN(C)c1ccc(/C=C/C(=O)O)cc1OCCOc1cc(/C=C/C(=O)O)ccc1N(C)C. The molecule has 0 radical (unpaired) electrons. The van der Waals surface area contributed by atoms with E-state index in [1.165, 1.54) is 12.2 Å². The van der Waals surface area contributed by atoms with Gasteiger partial charge >= 0.3 is 11.9 Å². The molecule has 0 saturated heterocycles. The molecule has 170 valence electrons. The zero-order valence-electron chi connectivity index (χ0n) is 18.6. The summed E-state index contributed by atoms with van der Waals surface area (Å²) >= 11 is 0. The summed E-state index contributed by atoms with van der Waals surface area (Å²) < 4.78 is 11.8. The minimum atomic E-state index is -1.02. The fraction of sp³-hybridized carbons (Fsp3) is 0.250. The van der Waals surface area contributed by atoms with Crippen molar-refractivity contribution in [3.05, 3.63) is 59.7 Å². The molecular formula is C24H28N2O6. The maximum Gasteiger partial charge on any atom is 0.328 e. The van der Waals surface area contributed by atoms with Crippen LogP contribution in [0.4, 0.5) is 11.4 Å². The molecule has 0 aromatic heterocycles. The number of ether oxygens (including phenoxy) is 2. The van der Waals surface area contributed by atoms with Crippen molar-refractivity contribution in [1.29, 1.82) is 0 Å². The van der Waals surface area contributed by atoms with Gasteiger partial charge in [0, 0.05) is 40.3 Å². The van der Waals surface area contributed by atoms with E-state index < -0.39 is 11.9 Å². The predicted molar refractivity (Wildman–Crippen MR) is 126 cm³/mol. The number of hydrogen-bond acceptors (Lipinski definition) is 6. The molecule has 0 spiro atoms. The molecule has 8 heteroatoms. The van der Waals surface area contributed by atoms with Crippen LogP contribution in [0, 0.1) is 0 Å². The summed E-state index contributed by atoms with van der Waals surface area (Å²) in [4.78, 5) is 25.4. The third-order valence-electron chi connectivity index (χ3n) is 4.37. The molecule has 0 heterocycles. The molecule has 2 rings (SSSR count). The molecule has 0 bridgehead atoms. The topological polar surface area (TPSA) is 99.5 Å². The lowest BCUT2D eigenvalue weighted by Gasteiger charge is -2.20. The van der Waals surface area contributed by atoms with Gasteiger partial charge in [-0.05, 0) is 47.5 Å². The maximum atomic E-state index is 10.8. The van der Waals surface area contributed by atoms with Gasteiger partial charge in [-0.15, -0.1) is 0 Å². The highest BCUT2D eigenvalue weighted by molar-refractivity contribution is 5.86. The molecule has 0 amide bonds. The normalized spacial score (nSPS) is 11.0. The molecule has 0 unspecified atom stereocenters. The fourth-order valence-electron chi connectivity index (χ4n) is 2.88. The van der Waals surface area contributed by atoms with Crippen molar-refractivity contribution < 1.29 is 29.3 Å². The van der Waals surface area contributed by atoms with Gasteiger partial charge < -0.3 is 29.5 Å². The first-order valence-corrected chi connectivity index (χ1v) is 9.87. The number of carboxylic acid groups (broad SMARTS) is 2. The Morgan fingerprint density at radius 1 is 0.750 bits per heavy atom. The zero-order chi connectivity index (χ0) is 23.7. The number of nitrogens with zero attached hydrogens (tertiary/aromatic N) is 2. The summed E-state index contributed by atoms with van der Waals surface area (Å²) in [5.41, 5.74) is 3.13. The molecule has 0 saturated carbocycles. The quantitative estimate of drug-likeness (QED) is 0.405. The van der Waals surface area contributed by atoms with Gasteiger partial charge in [0.2, 0.25) is 0 Å². The summed E-state index contributed by atoms with van der Waals surface area (Å²) in [6.45, 7) is 0.518. The number of carboxylic acids is 2. The molecule has 0 fully saturated rings. The Bertz CT molecular complexity index is 930. The van der Waals surface area contributed by atoms with E-state index in [0.717, 1.165) is 23.5 Å². The van der Waals surface area contributed by atoms with Gasteiger partial charge in [-0.1, -0.05) is 12.1 Å². The average molecular weight is 440 g/mol. The third-order valence-corrected chi connectivity index (χ3v) is 4.37. The van der Waals surface area contributed by atoms with Crippen molar-refractivity contribution in [2.75, 3.05) is 51.2 Å². The van der Waals surface area contributed by atoms with Crippen LogP contribution in [0.5, 0.6) is 11.5 Å². The van der Waals surface area contributed by atoms with Crippen LogP contribution in [0.25, 0.3) is 12.2 Å². The first kappa shape index (κ1) is 24.3. The molecule has 0 aliphatic carbocycles. The first-order chi connectivity index (χ1) is 15.2. The Morgan fingerprint density at radius 3 is 1.44 bits per heavy atom. The third kappa shape index (κ3) is 7.39. The monoisotopic (exact) mass is 440 g/mol. The van der Waals surface area contributed by atoms with E-state index in [2.05, 4.69) is 0 Å². The molecule has 0 aliphatic rings. The van der Waals surface area contributed by atoms with Crippen molar-refractivity contribution in [3.63, 3.8) is 0 Å². The number of anilines is 2. The smallest absolute Gasteiger partial charge is 0.328 e. The van der Waals surface area contributed by atoms with Crippen LogP contribution in [0.3, 0.4) is 0 Å². The van der Waals surface area contributed by atoms with Crippen LogP contribution >= 0.6 is 0 Å². The standard InChI is InChI=1S/C24H28N2O6/c1-25(2)19-9-5-17(7-11-23(27)28)15-21(19)31-13-14-32-22-16-18(8-12-24(29)30)6-10-20(22)26(3)4/h5-12,15-16H,13-14H2,1-4H3,(H,27,28)(H,29,30)/b11-7+,12-8+. The summed E-state index contributed by atoms with van der Waals surface area (Å²) in [5, 5.41) is 17.7. The second kappa shape index (κ2) is 11.5. The van der Waals surface area contributed by atoms with E-state index in [9.17, 15) is 9.59 Å². The lowest BCUT2D eigenvalue weighted by molar-refractivity contribution is -0.132. The van der Waals surface area contributed by atoms with Crippen LogP contribution < -0.4 is 19.3 Å². The second-order valence-corrected chi connectivity index (χ2v) is 7.28. The van der Waals surface area contributed by atoms with Crippen LogP contribution in [-0.2, 0) is 9.59 Å². The van der Waals surface area contributed by atoms with Crippen LogP contribution in [0.15, 0.2) is 48.6 Å². The maximum absolute atomic E-state index is 10.8. The first-order valence-electron chi connectivity index (χ1n) is 9.87. The Labute approximate surface area is 187 Å². The Kier molecular flexibility index (Phi) is 8.71. The van der Waals surface area contributed by atoms with Crippen molar-refractivity contribution in [1.82, 2.24) is 0 Å². The van der Waals surface area contributed by atoms with E-state index in [1.807, 2.05) is 62.3 Å². The second-order valence-electron chi connectivity index (χ2n) is 7.28.